The van der Waals surface area contributed by atoms with Crippen LogP contribution in [0, 0.1) is 0 Å². The molecule has 5 heteroatoms. The molecule has 0 aliphatic carbocycles. The van der Waals surface area contributed by atoms with Crippen molar-refractivity contribution in [1.29, 1.82) is 0 Å². The number of carbonyl (C=O) groups is 1. The summed E-state index contributed by atoms with van der Waals surface area (Å²) in [6.07, 6.45) is 1.68. The van der Waals surface area contributed by atoms with Gasteiger partial charge in [-0.25, -0.2) is 0 Å². The van der Waals surface area contributed by atoms with Crippen molar-refractivity contribution in [3.63, 3.8) is 0 Å². The van der Waals surface area contributed by atoms with Gasteiger partial charge in [-0.15, -0.1) is 0 Å². The number of halogens is 1. The zero-order valence-electron chi connectivity index (χ0n) is 14.7. The number of ether oxygens (including phenoxy) is 1. The molecule has 1 amide bonds. The fraction of sp³-hybridized carbons (Fsp3) is 0.190. The Morgan fingerprint density at radius 3 is 2.35 bits per heavy atom. The Hall–Kier alpha value is -2.72. The number of hydrogen-bond donors (Lipinski definition) is 0. The van der Waals surface area contributed by atoms with Gasteiger partial charge in [0.05, 0.1) is 18.9 Å². The Morgan fingerprint density at radius 2 is 1.77 bits per heavy atom. The fourth-order valence-corrected chi connectivity index (χ4v) is 2.69. The normalized spacial score (nSPS) is 10.8. The molecule has 4 nitrogen and oxygen atoms in total. The van der Waals surface area contributed by atoms with Crippen molar-refractivity contribution in [3.05, 3.63) is 83.3 Å². The lowest BCUT2D eigenvalue weighted by molar-refractivity contribution is 0.0983. The van der Waals surface area contributed by atoms with Gasteiger partial charge >= 0.3 is 0 Å². The molecule has 26 heavy (non-hydrogen) atoms. The first-order valence-electron chi connectivity index (χ1n) is 8.39. The Morgan fingerprint density at radius 1 is 1.08 bits per heavy atom. The molecule has 1 heterocycles. The molecular weight excluding hydrogens is 350 g/mol. The van der Waals surface area contributed by atoms with Crippen LogP contribution in [0.2, 0.25) is 5.02 Å². The molecule has 0 N–H and O–H groups in total. The van der Waals surface area contributed by atoms with Gasteiger partial charge in [0, 0.05) is 16.3 Å². The minimum Gasteiger partial charge on any atom is -0.491 e. The fourth-order valence-electron chi connectivity index (χ4n) is 2.56. The van der Waals surface area contributed by atoms with Gasteiger partial charge < -0.3 is 14.1 Å². The summed E-state index contributed by atoms with van der Waals surface area (Å²) in [5, 5.41) is 0.620. The monoisotopic (exact) mass is 369 g/mol. The number of carbonyl (C=O) groups excluding carboxylic acids is 1. The third-order valence-corrected chi connectivity index (χ3v) is 4.00. The standard InChI is InChI=1S/C21H20ClNO3/c1-15(2)26-19-11-5-16(6-12-19)21(24)23(14-20-4-3-13-25-20)18-9-7-17(22)8-10-18/h3-13,15H,14H2,1-2H3. The SMILES string of the molecule is CC(C)Oc1ccc(C(=O)N(Cc2ccco2)c2ccc(Cl)cc2)cc1. The Balaban J connectivity index is 1.87. The van der Waals surface area contributed by atoms with Crippen molar-refractivity contribution >= 4 is 23.2 Å². The van der Waals surface area contributed by atoms with E-state index in [0.29, 0.717) is 22.9 Å². The number of furan rings is 1. The molecule has 0 saturated heterocycles. The van der Waals surface area contributed by atoms with Gasteiger partial charge in [0.1, 0.15) is 11.5 Å². The third-order valence-electron chi connectivity index (χ3n) is 3.75. The Bertz CT molecular complexity index is 840. The number of hydrogen-bond acceptors (Lipinski definition) is 3. The molecule has 0 unspecified atom stereocenters. The van der Waals surface area contributed by atoms with E-state index in [9.17, 15) is 4.79 Å². The van der Waals surface area contributed by atoms with Crippen molar-refractivity contribution in [3.8, 4) is 5.75 Å². The van der Waals surface area contributed by atoms with Gasteiger partial charge in [-0.1, -0.05) is 11.6 Å². The van der Waals surface area contributed by atoms with Crippen LogP contribution < -0.4 is 9.64 Å². The summed E-state index contributed by atoms with van der Waals surface area (Å²) in [4.78, 5) is 14.8. The van der Waals surface area contributed by atoms with Gasteiger partial charge in [-0.2, -0.15) is 0 Å². The molecule has 0 saturated carbocycles. The largest absolute Gasteiger partial charge is 0.491 e. The van der Waals surface area contributed by atoms with E-state index in [1.807, 2.05) is 32.0 Å². The van der Waals surface area contributed by atoms with Crippen molar-refractivity contribution in [2.45, 2.75) is 26.5 Å². The molecule has 134 valence electrons. The van der Waals surface area contributed by atoms with E-state index < -0.39 is 0 Å². The lowest BCUT2D eigenvalue weighted by Crippen LogP contribution is -2.30. The van der Waals surface area contributed by atoms with Crippen LogP contribution in [0.25, 0.3) is 0 Å². The maximum atomic E-state index is 13.1. The topological polar surface area (TPSA) is 42.7 Å². The molecule has 0 bridgehead atoms. The summed E-state index contributed by atoms with van der Waals surface area (Å²) in [6, 6.07) is 18.0. The number of nitrogens with zero attached hydrogens (tertiary/aromatic N) is 1. The molecular formula is C21H20ClNO3. The van der Waals surface area contributed by atoms with Crippen molar-refractivity contribution in [1.82, 2.24) is 0 Å². The molecule has 3 aromatic rings. The molecule has 0 aliphatic heterocycles. The molecule has 2 aromatic carbocycles. The minimum atomic E-state index is -0.125. The number of anilines is 1. The molecule has 0 fully saturated rings. The zero-order chi connectivity index (χ0) is 18.5. The second kappa shape index (κ2) is 8.11. The summed E-state index contributed by atoms with van der Waals surface area (Å²) in [7, 11) is 0. The zero-order valence-corrected chi connectivity index (χ0v) is 15.4. The number of amides is 1. The quantitative estimate of drug-likeness (QED) is 0.570. The van der Waals surface area contributed by atoms with Crippen LogP contribution in [-0.4, -0.2) is 12.0 Å². The van der Waals surface area contributed by atoms with Crippen molar-refractivity contribution in [2.75, 3.05) is 4.90 Å². The summed E-state index contributed by atoms with van der Waals surface area (Å²) in [5.41, 5.74) is 1.32. The van der Waals surface area contributed by atoms with Gasteiger partial charge in [0.15, 0.2) is 0 Å². The van der Waals surface area contributed by atoms with E-state index >= 15 is 0 Å². The van der Waals surface area contributed by atoms with E-state index in [2.05, 4.69) is 0 Å². The van der Waals surface area contributed by atoms with Gasteiger partial charge in [0.2, 0.25) is 0 Å². The first-order chi connectivity index (χ1) is 12.5. The first kappa shape index (κ1) is 18.1. The van der Waals surface area contributed by atoms with E-state index in [4.69, 9.17) is 20.8 Å². The summed E-state index contributed by atoms with van der Waals surface area (Å²) in [6.45, 7) is 4.26. The van der Waals surface area contributed by atoms with Crippen LogP contribution in [0.4, 0.5) is 5.69 Å². The molecule has 0 radical (unpaired) electrons. The highest BCUT2D eigenvalue weighted by molar-refractivity contribution is 6.30. The van der Waals surface area contributed by atoms with Gasteiger partial charge in [-0.3, -0.25) is 4.79 Å². The van der Waals surface area contributed by atoms with E-state index in [1.54, 1.807) is 53.6 Å². The van der Waals surface area contributed by atoms with Gasteiger partial charge in [0.25, 0.3) is 5.91 Å². The van der Waals surface area contributed by atoms with Crippen LogP contribution in [0.3, 0.4) is 0 Å². The lowest BCUT2D eigenvalue weighted by atomic mass is 10.1. The average Bonchev–Trinajstić information content (AvgIpc) is 3.13. The summed E-state index contributed by atoms with van der Waals surface area (Å²) in [5.74, 6) is 1.31. The van der Waals surface area contributed by atoms with Crippen LogP contribution >= 0.6 is 11.6 Å². The van der Waals surface area contributed by atoms with E-state index in [0.717, 1.165) is 11.4 Å². The Kier molecular flexibility index (Phi) is 5.64. The summed E-state index contributed by atoms with van der Waals surface area (Å²) < 4.78 is 11.1. The third kappa shape index (κ3) is 4.46. The molecule has 0 atom stereocenters. The highest BCUT2D eigenvalue weighted by atomic mass is 35.5. The minimum absolute atomic E-state index is 0.0843. The first-order valence-corrected chi connectivity index (χ1v) is 8.77. The molecule has 0 aliphatic rings. The molecule has 1 aromatic heterocycles. The average molecular weight is 370 g/mol. The second-order valence-electron chi connectivity index (χ2n) is 6.14. The number of benzene rings is 2. The van der Waals surface area contributed by atoms with Crippen LogP contribution in [-0.2, 0) is 6.54 Å². The van der Waals surface area contributed by atoms with E-state index in [1.165, 1.54) is 0 Å². The van der Waals surface area contributed by atoms with Crippen LogP contribution in [0.1, 0.15) is 30.0 Å². The van der Waals surface area contributed by atoms with E-state index in [-0.39, 0.29) is 12.0 Å². The molecule has 3 rings (SSSR count). The predicted molar refractivity (Wildman–Crippen MR) is 103 cm³/mol. The second-order valence-corrected chi connectivity index (χ2v) is 6.57. The lowest BCUT2D eigenvalue weighted by Gasteiger charge is -2.22. The van der Waals surface area contributed by atoms with Crippen molar-refractivity contribution < 1.29 is 13.9 Å². The van der Waals surface area contributed by atoms with Gasteiger partial charge in [-0.05, 0) is 74.5 Å². The maximum absolute atomic E-state index is 13.1. The predicted octanol–water partition coefficient (Wildman–Crippen LogP) is 5.57. The highest BCUT2D eigenvalue weighted by Gasteiger charge is 2.19. The Labute approximate surface area is 158 Å². The highest BCUT2D eigenvalue weighted by Crippen LogP contribution is 2.23. The van der Waals surface area contributed by atoms with Crippen LogP contribution in [0.5, 0.6) is 5.75 Å². The maximum Gasteiger partial charge on any atom is 0.258 e. The van der Waals surface area contributed by atoms with Crippen LogP contribution in [0.15, 0.2) is 71.3 Å². The molecule has 0 spiro atoms. The van der Waals surface area contributed by atoms with Crippen molar-refractivity contribution in [2.24, 2.45) is 0 Å². The smallest absolute Gasteiger partial charge is 0.258 e. The summed E-state index contributed by atoms with van der Waals surface area (Å²) >= 11 is 5.98. The number of rotatable bonds is 6.